The minimum atomic E-state index is -3.68. The summed E-state index contributed by atoms with van der Waals surface area (Å²) in [5, 5.41) is -1.66. The van der Waals surface area contributed by atoms with E-state index in [-0.39, 0.29) is 13.1 Å². The minimum Gasteiger partial charge on any atom is -0.255 e. The van der Waals surface area contributed by atoms with Crippen molar-refractivity contribution in [1.29, 1.82) is 0 Å². The van der Waals surface area contributed by atoms with Gasteiger partial charge < -0.3 is 0 Å². The molecule has 0 atom stereocenters. The number of halogens is 1. The van der Waals surface area contributed by atoms with Crippen molar-refractivity contribution in [3.63, 3.8) is 0 Å². The molecule has 92 valence electrons. The van der Waals surface area contributed by atoms with Gasteiger partial charge in [-0.1, -0.05) is 0 Å². The average Bonchev–Trinajstić information content (AvgIpc) is 2.16. The molecular formula is C8H13ClN2O4S. The summed E-state index contributed by atoms with van der Waals surface area (Å²) in [4.78, 5) is 23.3. The van der Waals surface area contributed by atoms with E-state index in [9.17, 15) is 18.0 Å². The number of imide groups is 1. The minimum absolute atomic E-state index is 0.0972. The second-order valence-electron chi connectivity index (χ2n) is 3.71. The Morgan fingerprint density at radius 3 is 2.38 bits per heavy atom. The highest BCUT2D eigenvalue weighted by molar-refractivity contribution is 7.90. The molecule has 1 rings (SSSR count). The Balaban J connectivity index is 3.00. The van der Waals surface area contributed by atoms with Gasteiger partial charge in [0, 0.05) is 13.1 Å². The molecule has 1 fully saturated rings. The van der Waals surface area contributed by atoms with Gasteiger partial charge in [0.25, 0.3) is 0 Å². The van der Waals surface area contributed by atoms with Gasteiger partial charge in [0.15, 0.2) is 0 Å². The normalized spacial score (nSPS) is 18.1. The molecule has 0 N–H and O–H groups in total. The molecule has 0 bridgehead atoms. The summed E-state index contributed by atoms with van der Waals surface area (Å²) in [7, 11) is -3.68. The molecule has 0 spiro atoms. The fourth-order valence-corrected chi connectivity index (χ4v) is 2.72. The largest absolute Gasteiger partial charge is 0.341 e. The Hall–Kier alpha value is -0.820. The molecule has 16 heavy (non-hydrogen) atoms. The van der Waals surface area contributed by atoms with E-state index in [1.807, 2.05) is 0 Å². The van der Waals surface area contributed by atoms with Gasteiger partial charge in [-0.3, -0.25) is 4.79 Å². The van der Waals surface area contributed by atoms with Gasteiger partial charge in [0.2, 0.25) is 10.0 Å². The van der Waals surface area contributed by atoms with E-state index < -0.39 is 26.7 Å². The molecule has 0 aromatic rings. The third-order valence-electron chi connectivity index (χ3n) is 2.30. The van der Waals surface area contributed by atoms with Crippen LogP contribution < -0.4 is 0 Å². The third kappa shape index (κ3) is 2.30. The summed E-state index contributed by atoms with van der Waals surface area (Å²) in [6, 6.07) is -0.861. The summed E-state index contributed by atoms with van der Waals surface area (Å²) in [5.74, 6) is 0. The average molecular weight is 269 g/mol. The molecule has 0 unspecified atom stereocenters. The Morgan fingerprint density at radius 1 is 1.38 bits per heavy atom. The van der Waals surface area contributed by atoms with E-state index in [4.69, 9.17) is 11.6 Å². The molecule has 0 radical (unpaired) electrons. The van der Waals surface area contributed by atoms with Gasteiger partial charge >= 0.3 is 11.4 Å². The van der Waals surface area contributed by atoms with Crippen LogP contribution in [-0.4, -0.2) is 47.4 Å². The number of nitrogens with zero attached hydrogens (tertiary/aromatic N) is 2. The van der Waals surface area contributed by atoms with Crippen LogP contribution >= 0.6 is 11.6 Å². The second kappa shape index (κ2) is 4.58. The summed E-state index contributed by atoms with van der Waals surface area (Å²) in [6.45, 7) is 3.21. The maximum absolute atomic E-state index is 11.8. The molecule has 0 saturated carbocycles. The van der Waals surface area contributed by atoms with Crippen molar-refractivity contribution in [3.05, 3.63) is 0 Å². The zero-order valence-corrected chi connectivity index (χ0v) is 10.6. The molecule has 1 heterocycles. The summed E-state index contributed by atoms with van der Waals surface area (Å²) in [5.41, 5.74) is 0. The van der Waals surface area contributed by atoms with Crippen LogP contribution in [-0.2, 0) is 10.0 Å². The lowest BCUT2D eigenvalue weighted by Crippen LogP contribution is -2.53. The third-order valence-corrected chi connectivity index (χ3v) is 4.65. The molecule has 1 aliphatic heterocycles. The van der Waals surface area contributed by atoms with Gasteiger partial charge in [-0.15, -0.1) is 0 Å². The van der Waals surface area contributed by atoms with Gasteiger partial charge in [-0.2, -0.15) is 0 Å². The van der Waals surface area contributed by atoms with E-state index >= 15 is 0 Å². The van der Waals surface area contributed by atoms with Crippen molar-refractivity contribution in [2.75, 3.05) is 13.1 Å². The first-order chi connectivity index (χ1) is 7.28. The van der Waals surface area contributed by atoms with Crippen molar-refractivity contribution < 1.29 is 18.0 Å². The van der Waals surface area contributed by atoms with E-state index in [1.165, 1.54) is 13.8 Å². The van der Waals surface area contributed by atoms with Crippen LogP contribution in [0, 0.1) is 0 Å². The zero-order valence-electron chi connectivity index (χ0n) is 9.01. The predicted molar refractivity (Wildman–Crippen MR) is 58.7 cm³/mol. The predicted octanol–water partition coefficient (Wildman–Crippen LogP) is 1.21. The number of carbonyl (C=O) groups excluding carboxylic acids is 2. The van der Waals surface area contributed by atoms with E-state index in [0.717, 1.165) is 4.90 Å². The smallest absolute Gasteiger partial charge is 0.255 e. The fourth-order valence-electron chi connectivity index (χ4n) is 1.35. The highest BCUT2D eigenvalue weighted by atomic mass is 35.5. The molecular weight excluding hydrogens is 256 g/mol. The fraction of sp³-hybridized carbons (Fsp3) is 0.750. The van der Waals surface area contributed by atoms with Crippen LogP contribution in [0.5, 0.6) is 0 Å². The van der Waals surface area contributed by atoms with Crippen LogP contribution in [0.15, 0.2) is 0 Å². The summed E-state index contributed by atoms with van der Waals surface area (Å²) >= 11 is 5.19. The second-order valence-corrected chi connectivity index (χ2v) is 6.44. The quantitative estimate of drug-likeness (QED) is 0.557. The molecule has 3 amide bonds. The Morgan fingerprint density at radius 2 is 1.94 bits per heavy atom. The number of amides is 3. The molecule has 6 nitrogen and oxygen atoms in total. The van der Waals surface area contributed by atoms with Crippen molar-refractivity contribution in [2.24, 2.45) is 0 Å². The first-order valence-electron chi connectivity index (χ1n) is 4.81. The first kappa shape index (κ1) is 13.2. The lowest BCUT2D eigenvalue weighted by molar-refractivity contribution is 0.169. The van der Waals surface area contributed by atoms with Gasteiger partial charge in [-0.25, -0.2) is 22.4 Å². The number of urea groups is 1. The van der Waals surface area contributed by atoms with Crippen LogP contribution in [0.1, 0.15) is 20.3 Å². The van der Waals surface area contributed by atoms with Crippen molar-refractivity contribution in [3.8, 4) is 0 Å². The van der Waals surface area contributed by atoms with Crippen molar-refractivity contribution >= 4 is 33.0 Å². The molecule has 0 aliphatic carbocycles. The van der Waals surface area contributed by atoms with E-state index in [0.29, 0.717) is 10.7 Å². The number of rotatable bonds is 2. The molecule has 0 aromatic heterocycles. The highest BCUT2D eigenvalue weighted by Crippen LogP contribution is 2.18. The Kier molecular flexibility index (Phi) is 3.80. The van der Waals surface area contributed by atoms with E-state index in [2.05, 4.69) is 0 Å². The Bertz CT molecular complexity index is 406. The zero-order chi connectivity index (χ0) is 12.5. The van der Waals surface area contributed by atoms with E-state index in [1.54, 1.807) is 0 Å². The maximum atomic E-state index is 11.8. The SMILES string of the molecule is CC(C)S(=O)(=O)N1CCCN(C(=O)Cl)C1=O. The number of hydrogen-bond donors (Lipinski definition) is 0. The van der Waals surface area contributed by atoms with Crippen LogP contribution in [0.4, 0.5) is 9.59 Å². The van der Waals surface area contributed by atoms with Crippen LogP contribution in [0.25, 0.3) is 0 Å². The summed E-state index contributed by atoms with van der Waals surface area (Å²) < 4.78 is 24.3. The molecule has 0 aromatic carbocycles. The number of hydrogen-bond acceptors (Lipinski definition) is 4. The molecule has 1 aliphatic rings. The van der Waals surface area contributed by atoms with Crippen LogP contribution in [0.2, 0.25) is 0 Å². The summed E-state index contributed by atoms with van der Waals surface area (Å²) in [6.07, 6.45) is 0.399. The number of sulfonamides is 1. The molecule has 1 saturated heterocycles. The Labute approximate surface area is 99.2 Å². The first-order valence-corrected chi connectivity index (χ1v) is 6.69. The van der Waals surface area contributed by atoms with Gasteiger partial charge in [0.1, 0.15) is 0 Å². The van der Waals surface area contributed by atoms with Crippen molar-refractivity contribution in [1.82, 2.24) is 9.21 Å². The van der Waals surface area contributed by atoms with Gasteiger partial charge in [-0.05, 0) is 31.9 Å². The topological polar surface area (TPSA) is 74.8 Å². The molecule has 8 heteroatoms. The maximum Gasteiger partial charge on any atom is 0.341 e. The van der Waals surface area contributed by atoms with Crippen LogP contribution in [0.3, 0.4) is 0 Å². The standard InChI is InChI=1S/C8H13ClN2O4S/c1-6(2)16(14,15)11-5-3-4-10(7(9)12)8(11)13/h6H,3-5H2,1-2H3. The lowest BCUT2D eigenvalue weighted by Gasteiger charge is -2.33. The highest BCUT2D eigenvalue weighted by Gasteiger charge is 2.38. The monoisotopic (exact) mass is 268 g/mol. The van der Waals surface area contributed by atoms with Gasteiger partial charge in [0.05, 0.1) is 5.25 Å². The number of carbonyl (C=O) groups is 2. The van der Waals surface area contributed by atoms with Crippen molar-refractivity contribution in [2.45, 2.75) is 25.5 Å². The lowest BCUT2D eigenvalue weighted by atomic mass is 10.3.